The van der Waals surface area contributed by atoms with E-state index in [4.69, 9.17) is 10.8 Å². The number of carbonyl (C=O) groups is 3. The number of carboxylic acid groups (broad SMARTS) is 1. The average molecular weight is 302 g/mol. The van der Waals surface area contributed by atoms with Crippen molar-refractivity contribution in [1.82, 2.24) is 5.32 Å². The Morgan fingerprint density at radius 3 is 2.24 bits per heavy atom. The molecule has 0 aliphatic rings. The molecule has 21 heavy (non-hydrogen) atoms. The van der Waals surface area contributed by atoms with E-state index >= 15 is 0 Å². The molecule has 0 saturated heterocycles. The van der Waals surface area contributed by atoms with E-state index in [9.17, 15) is 14.4 Å². The molecule has 0 saturated carbocycles. The Bertz CT molecular complexity index is 376. The molecule has 4 N–H and O–H groups in total. The van der Waals surface area contributed by atoms with Crippen molar-refractivity contribution in [3.63, 3.8) is 0 Å². The summed E-state index contributed by atoms with van der Waals surface area (Å²) in [5.74, 6) is -2.55. The molecule has 122 valence electrons. The molecule has 7 nitrogen and oxygen atoms in total. The first kappa shape index (κ1) is 19.4. The molecule has 0 aromatic rings. The number of rotatable bonds is 8. The first-order valence-corrected chi connectivity index (χ1v) is 6.90. The summed E-state index contributed by atoms with van der Waals surface area (Å²) in [6.45, 7) is 6.09. The van der Waals surface area contributed by atoms with Gasteiger partial charge in [0, 0.05) is 13.0 Å². The minimum Gasteiger partial charge on any atom is -0.480 e. The van der Waals surface area contributed by atoms with Crippen LogP contribution >= 0.6 is 0 Å². The van der Waals surface area contributed by atoms with Gasteiger partial charge in [0.2, 0.25) is 5.91 Å². The highest BCUT2D eigenvalue weighted by atomic mass is 16.5. The number of nitrogens with one attached hydrogen (secondary N) is 1. The van der Waals surface area contributed by atoms with E-state index in [0.717, 1.165) is 0 Å². The number of carbonyl (C=O) groups excluding carboxylic acids is 2. The van der Waals surface area contributed by atoms with E-state index in [1.807, 2.05) is 20.8 Å². The summed E-state index contributed by atoms with van der Waals surface area (Å²) < 4.78 is 4.46. The maximum Gasteiger partial charge on any atom is 0.326 e. The average Bonchev–Trinajstić information content (AvgIpc) is 2.38. The van der Waals surface area contributed by atoms with Gasteiger partial charge in [0.15, 0.2) is 0 Å². The number of ether oxygens (including phenoxy) is 1. The molecule has 7 heteroatoms. The molecule has 0 aromatic heterocycles. The van der Waals surface area contributed by atoms with Crippen molar-refractivity contribution in [1.29, 1.82) is 0 Å². The molecule has 0 aliphatic heterocycles. The van der Waals surface area contributed by atoms with Crippen LogP contribution in [0.2, 0.25) is 0 Å². The highest BCUT2D eigenvalue weighted by Gasteiger charge is 2.28. The third-order valence-electron chi connectivity index (χ3n) is 2.99. The molecular weight excluding hydrogens is 276 g/mol. The summed E-state index contributed by atoms with van der Waals surface area (Å²) in [5.41, 5.74) is 5.50. The van der Waals surface area contributed by atoms with E-state index in [-0.39, 0.29) is 24.8 Å². The van der Waals surface area contributed by atoms with Gasteiger partial charge >= 0.3 is 11.9 Å². The molecule has 0 rings (SSSR count). The molecule has 0 fully saturated rings. The van der Waals surface area contributed by atoms with Gasteiger partial charge in [-0.3, -0.25) is 9.59 Å². The normalized spacial score (nSPS) is 14.1. The van der Waals surface area contributed by atoms with Crippen molar-refractivity contribution in [3.8, 4) is 0 Å². The van der Waals surface area contributed by atoms with Crippen LogP contribution in [0, 0.1) is 11.3 Å². The fourth-order valence-electron chi connectivity index (χ4n) is 1.93. The second-order valence-corrected chi connectivity index (χ2v) is 6.21. The van der Waals surface area contributed by atoms with Crippen LogP contribution in [0.15, 0.2) is 0 Å². The van der Waals surface area contributed by atoms with Crippen LogP contribution in [-0.2, 0) is 19.1 Å². The summed E-state index contributed by atoms with van der Waals surface area (Å²) in [5, 5.41) is 11.5. The van der Waals surface area contributed by atoms with Gasteiger partial charge in [0.05, 0.1) is 13.0 Å². The zero-order valence-corrected chi connectivity index (χ0v) is 13.1. The van der Waals surface area contributed by atoms with Crippen molar-refractivity contribution in [3.05, 3.63) is 0 Å². The third kappa shape index (κ3) is 8.29. The van der Waals surface area contributed by atoms with Gasteiger partial charge in [-0.1, -0.05) is 20.8 Å². The van der Waals surface area contributed by atoms with E-state index in [1.54, 1.807) is 0 Å². The predicted molar refractivity (Wildman–Crippen MR) is 77.4 cm³/mol. The second-order valence-electron chi connectivity index (χ2n) is 6.21. The van der Waals surface area contributed by atoms with Crippen LogP contribution in [0.25, 0.3) is 0 Å². The zero-order valence-electron chi connectivity index (χ0n) is 13.1. The van der Waals surface area contributed by atoms with Crippen LogP contribution in [0.3, 0.4) is 0 Å². The first-order chi connectivity index (χ1) is 9.60. The number of carboxylic acids is 1. The van der Waals surface area contributed by atoms with Crippen LogP contribution in [-0.4, -0.2) is 42.6 Å². The lowest BCUT2D eigenvalue weighted by molar-refractivity contribution is -0.144. The predicted octanol–water partition coefficient (Wildman–Crippen LogP) is 0.520. The van der Waals surface area contributed by atoms with Crippen molar-refractivity contribution < 1.29 is 24.2 Å². The Labute approximate surface area is 125 Å². The SMILES string of the molecule is COC(=O)CC[C@H](NC(=O)C(CN)CC(C)(C)C)C(=O)O. The number of esters is 1. The maximum atomic E-state index is 12.1. The molecule has 2 atom stereocenters. The summed E-state index contributed by atoms with van der Waals surface area (Å²) in [6, 6.07) is -1.12. The largest absolute Gasteiger partial charge is 0.480 e. The number of aliphatic carboxylic acids is 1. The van der Waals surface area contributed by atoms with E-state index in [2.05, 4.69) is 10.1 Å². The Hall–Kier alpha value is -1.63. The Morgan fingerprint density at radius 1 is 1.29 bits per heavy atom. The van der Waals surface area contributed by atoms with Crippen LogP contribution in [0.4, 0.5) is 0 Å². The van der Waals surface area contributed by atoms with Crippen molar-refractivity contribution in [2.24, 2.45) is 17.1 Å². The van der Waals surface area contributed by atoms with Crippen molar-refractivity contribution in [2.75, 3.05) is 13.7 Å². The van der Waals surface area contributed by atoms with E-state index < -0.39 is 29.8 Å². The first-order valence-electron chi connectivity index (χ1n) is 6.90. The molecular formula is C14H26N2O5. The Morgan fingerprint density at radius 2 is 1.86 bits per heavy atom. The van der Waals surface area contributed by atoms with Gasteiger partial charge in [-0.15, -0.1) is 0 Å². The fraction of sp³-hybridized carbons (Fsp3) is 0.786. The minimum atomic E-state index is -1.18. The van der Waals surface area contributed by atoms with Crippen molar-refractivity contribution in [2.45, 2.75) is 46.1 Å². The highest BCUT2D eigenvalue weighted by molar-refractivity contribution is 5.85. The lowest BCUT2D eigenvalue weighted by atomic mass is 9.84. The van der Waals surface area contributed by atoms with E-state index in [1.165, 1.54) is 7.11 Å². The summed E-state index contributed by atoms with van der Waals surface area (Å²) in [4.78, 5) is 34.3. The topological polar surface area (TPSA) is 119 Å². The molecule has 0 heterocycles. The molecule has 1 amide bonds. The van der Waals surface area contributed by atoms with Gasteiger partial charge in [-0.25, -0.2) is 4.79 Å². The Balaban J connectivity index is 4.64. The van der Waals surface area contributed by atoms with Crippen LogP contribution < -0.4 is 11.1 Å². The van der Waals surface area contributed by atoms with Gasteiger partial charge in [0.25, 0.3) is 0 Å². The maximum absolute atomic E-state index is 12.1. The molecule has 0 aliphatic carbocycles. The summed E-state index contributed by atoms with van der Waals surface area (Å²) in [7, 11) is 1.23. The van der Waals surface area contributed by atoms with Gasteiger partial charge in [0.1, 0.15) is 6.04 Å². The van der Waals surface area contributed by atoms with Crippen molar-refractivity contribution >= 4 is 17.8 Å². The number of hydrogen-bond donors (Lipinski definition) is 3. The highest BCUT2D eigenvalue weighted by Crippen LogP contribution is 2.24. The smallest absolute Gasteiger partial charge is 0.326 e. The number of amides is 1. The molecule has 0 bridgehead atoms. The number of nitrogens with two attached hydrogens (primary N) is 1. The quantitative estimate of drug-likeness (QED) is 0.562. The Kier molecular flexibility index (Phi) is 7.94. The zero-order chi connectivity index (χ0) is 16.6. The molecule has 1 unspecified atom stereocenters. The fourth-order valence-corrected chi connectivity index (χ4v) is 1.93. The number of methoxy groups -OCH3 is 1. The minimum absolute atomic E-state index is 0.0133. The summed E-state index contributed by atoms with van der Waals surface area (Å²) >= 11 is 0. The van der Waals surface area contributed by atoms with Gasteiger partial charge in [-0.05, 0) is 18.3 Å². The third-order valence-corrected chi connectivity index (χ3v) is 2.99. The lowest BCUT2D eigenvalue weighted by Crippen LogP contribution is -2.46. The second kappa shape index (κ2) is 8.61. The molecule has 0 aromatic carbocycles. The summed E-state index contributed by atoms with van der Waals surface area (Å²) in [6.07, 6.45) is 0.472. The van der Waals surface area contributed by atoms with Crippen LogP contribution in [0.1, 0.15) is 40.0 Å². The monoisotopic (exact) mass is 302 g/mol. The number of hydrogen-bond acceptors (Lipinski definition) is 5. The molecule has 0 spiro atoms. The van der Waals surface area contributed by atoms with Crippen LogP contribution in [0.5, 0.6) is 0 Å². The van der Waals surface area contributed by atoms with E-state index in [0.29, 0.717) is 6.42 Å². The van der Waals surface area contributed by atoms with Gasteiger partial charge < -0.3 is 20.9 Å². The van der Waals surface area contributed by atoms with Gasteiger partial charge in [-0.2, -0.15) is 0 Å². The molecule has 0 radical (unpaired) electrons. The standard InChI is InChI=1S/C14H26N2O5/c1-14(2,3)7-9(8-15)12(18)16-10(13(19)20)5-6-11(17)21-4/h9-10H,5-8,15H2,1-4H3,(H,16,18)(H,19,20)/t9?,10-/m0/s1. The lowest BCUT2D eigenvalue weighted by Gasteiger charge is -2.25.